The highest BCUT2D eigenvalue weighted by Gasteiger charge is 2.10. The second-order valence-corrected chi connectivity index (χ2v) is 4.37. The Labute approximate surface area is 103 Å². The van der Waals surface area contributed by atoms with Gasteiger partial charge in [0.05, 0.1) is 6.10 Å². The summed E-state index contributed by atoms with van der Waals surface area (Å²) in [5.74, 6) is 0.891. The Bertz CT molecular complexity index is 328. The van der Waals surface area contributed by atoms with Crippen molar-refractivity contribution < 1.29 is 4.74 Å². The molecular weight excluding hydrogens is 222 g/mol. The Balaban J connectivity index is 2.81. The number of halogens is 1. The van der Waals surface area contributed by atoms with Gasteiger partial charge in [0.2, 0.25) is 0 Å². The van der Waals surface area contributed by atoms with Crippen LogP contribution in [-0.2, 0) is 6.54 Å². The summed E-state index contributed by atoms with van der Waals surface area (Å²) in [6.07, 6.45) is 2.42. The molecule has 0 spiro atoms. The summed E-state index contributed by atoms with van der Waals surface area (Å²) < 4.78 is 5.89. The fraction of sp³-hybridized carbons (Fsp3) is 0.538. The van der Waals surface area contributed by atoms with Crippen LogP contribution in [0.15, 0.2) is 18.2 Å². The summed E-state index contributed by atoms with van der Waals surface area (Å²) in [6.45, 7) is 4.98. The average Bonchev–Trinajstić information content (AvgIpc) is 2.23. The molecule has 0 bridgehead atoms. The van der Waals surface area contributed by atoms with Gasteiger partial charge in [-0.1, -0.05) is 31.0 Å². The van der Waals surface area contributed by atoms with Gasteiger partial charge in [0.15, 0.2) is 0 Å². The minimum absolute atomic E-state index is 0.235. The van der Waals surface area contributed by atoms with Crippen molar-refractivity contribution in [3.8, 4) is 5.75 Å². The first kappa shape index (κ1) is 13.3. The summed E-state index contributed by atoms with van der Waals surface area (Å²) in [6, 6.07) is 5.80. The van der Waals surface area contributed by atoms with Crippen molar-refractivity contribution in [3.05, 3.63) is 28.8 Å². The lowest BCUT2D eigenvalue weighted by atomic mass is 10.2. The number of benzene rings is 1. The van der Waals surface area contributed by atoms with Crippen molar-refractivity contribution >= 4 is 11.6 Å². The molecule has 0 saturated carbocycles. The molecule has 0 radical (unpaired) electrons. The van der Waals surface area contributed by atoms with E-state index in [1.807, 2.05) is 25.2 Å². The van der Waals surface area contributed by atoms with Gasteiger partial charge in [-0.3, -0.25) is 0 Å². The molecule has 2 nitrogen and oxygen atoms in total. The van der Waals surface area contributed by atoms with Crippen LogP contribution in [0.4, 0.5) is 0 Å². The molecule has 0 fully saturated rings. The predicted molar refractivity (Wildman–Crippen MR) is 69.2 cm³/mol. The second-order valence-electron chi connectivity index (χ2n) is 3.96. The highest BCUT2D eigenvalue weighted by molar-refractivity contribution is 6.31. The minimum atomic E-state index is 0.235. The van der Waals surface area contributed by atoms with Crippen LogP contribution in [0.3, 0.4) is 0 Å². The molecule has 3 heteroatoms. The Morgan fingerprint density at radius 1 is 1.44 bits per heavy atom. The van der Waals surface area contributed by atoms with Gasteiger partial charge in [0, 0.05) is 17.1 Å². The molecule has 0 aromatic heterocycles. The molecule has 0 aliphatic carbocycles. The first-order valence-corrected chi connectivity index (χ1v) is 6.15. The quantitative estimate of drug-likeness (QED) is 0.821. The molecule has 0 amide bonds. The Morgan fingerprint density at radius 2 is 2.19 bits per heavy atom. The van der Waals surface area contributed by atoms with E-state index in [1.165, 1.54) is 0 Å². The lowest BCUT2D eigenvalue weighted by molar-refractivity contribution is 0.207. The van der Waals surface area contributed by atoms with Crippen LogP contribution >= 0.6 is 11.6 Å². The van der Waals surface area contributed by atoms with Crippen molar-refractivity contribution in [1.82, 2.24) is 5.32 Å². The molecule has 0 saturated heterocycles. The lowest BCUT2D eigenvalue weighted by Crippen LogP contribution is -2.14. The Kier molecular flexibility index (Phi) is 5.64. The van der Waals surface area contributed by atoms with Gasteiger partial charge in [0.25, 0.3) is 0 Å². The second kappa shape index (κ2) is 6.77. The highest BCUT2D eigenvalue weighted by Crippen LogP contribution is 2.27. The van der Waals surface area contributed by atoms with Crippen molar-refractivity contribution in [3.63, 3.8) is 0 Å². The van der Waals surface area contributed by atoms with Gasteiger partial charge in [0.1, 0.15) is 5.75 Å². The summed E-state index contributed by atoms with van der Waals surface area (Å²) in [7, 11) is 1.91. The van der Waals surface area contributed by atoms with Crippen LogP contribution in [0, 0.1) is 0 Å². The highest BCUT2D eigenvalue weighted by atomic mass is 35.5. The van der Waals surface area contributed by atoms with E-state index >= 15 is 0 Å². The summed E-state index contributed by atoms with van der Waals surface area (Å²) in [4.78, 5) is 0. The number of rotatable bonds is 6. The zero-order chi connectivity index (χ0) is 12.0. The van der Waals surface area contributed by atoms with E-state index in [-0.39, 0.29) is 6.10 Å². The average molecular weight is 242 g/mol. The van der Waals surface area contributed by atoms with Gasteiger partial charge in [-0.25, -0.2) is 0 Å². The number of hydrogen-bond donors (Lipinski definition) is 1. The van der Waals surface area contributed by atoms with E-state index in [1.54, 1.807) is 0 Å². The number of nitrogens with one attached hydrogen (secondary N) is 1. The van der Waals surface area contributed by atoms with E-state index in [4.69, 9.17) is 16.3 Å². The molecule has 16 heavy (non-hydrogen) atoms. The molecule has 0 aliphatic heterocycles. The molecule has 1 aromatic rings. The zero-order valence-corrected chi connectivity index (χ0v) is 11.0. The van der Waals surface area contributed by atoms with Crippen LogP contribution in [-0.4, -0.2) is 13.2 Å². The first-order chi connectivity index (χ1) is 7.69. The van der Waals surface area contributed by atoms with Crippen LogP contribution in [0.25, 0.3) is 0 Å². The Morgan fingerprint density at radius 3 is 2.81 bits per heavy atom. The lowest BCUT2D eigenvalue weighted by Gasteiger charge is -2.17. The SMILES string of the molecule is CCCC(C)Oc1cccc(Cl)c1CNC. The van der Waals surface area contributed by atoms with Crippen molar-refractivity contribution in [2.24, 2.45) is 0 Å². The minimum Gasteiger partial charge on any atom is -0.490 e. The van der Waals surface area contributed by atoms with Gasteiger partial charge in [-0.15, -0.1) is 0 Å². The first-order valence-electron chi connectivity index (χ1n) is 5.77. The van der Waals surface area contributed by atoms with Gasteiger partial charge >= 0.3 is 0 Å². The van der Waals surface area contributed by atoms with Crippen molar-refractivity contribution in [2.45, 2.75) is 39.3 Å². The molecule has 1 unspecified atom stereocenters. The Hall–Kier alpha value is -0.730. The molecule has 1 rings (SSSR count). The third-order valence-corrected chi connectivity index (χ3v) is 2.81. The normalized spacial score (nSPS) is 12.5. The summed E-state index contributed by atoms with van der Waals surface area (Å²) in [5.41, 5.74) is 1.04. The van der Waals surface area contributed by atoms with E-state index in [2.05, 4.69) is 19.2 Å². The maximum Gasteiger partial charge on any atom is 0.125 e. The maximum absolute atomic E-state index is 6.15. The standard InChI is InChI=1S/C13H20ClNO/c1-4-6-10(2)16-13-8-5-7-12(14)11(13)9-15-3/h5,7-8,10,15H,4,6,9H2,1-3H3. The van der Waals surface area contributed by atoms with E-state index < -0.39 is 0 Å². The maximum atomic E-state index is 6.15. The molecule has 0 aliphatic rings. The van der Waals surface area contributed by atoms with Crippen LogP contribution in [0.5, 0.6) is 5.75 Å². The number of hydrogen-bond acceptors (Lipinski definition) is 2. The molecule has 0 heterocycles. The molecule has 1 atom stereocenters. The zero-order valence-electron chi connectivity index (χ0n) is 10.2. The molecule has 90 valence electrons. The van der Waals surface area contributed by atoms with Crippen LogP contribution in [0.2, 0.25) is 5.02 Å². The van der Waals surface area contributed by atoms with Gasteiger partial charge in [-0.2, -0.15) is 0 Å². The topological polar surface area (TPSA) is 21.3 Å². The predicted octanol–water partition coefficient (Wildman–Crippen LogP) is 3.63. The largest absolute Gasteiger partial charge is 0.490 e. The molecule has 1 aromatic carbocycles. The smallest absolute Gasteiger partial charge is 0.125 e. The van der Waals surface area contributed by atoms with Gasteiger partial charge in [-0.05, 0) is 32.5 Å². The monoisotopic (exact) mass is 241 g/mol. The van der Waals surface area contributed by atoms with Crippen LogP contribution in [0.1, 0.15) is 32.3 Å². The van der Waals surface area contributed by atoms with Gasteiger partial charge < -0.3 is 10.1 Å². The van der Waals surface area contributed by atoms with E-state index in [9.17, 15) is 0 Å². The van der Waals surface area contributed by atoms with Crippen LogP contribution < -0.4 is 10.1 Å². The van der Waals surface area contributed by atoms with Crippen molar-refractivity contribution in [2.75, 3.05) is 7.05 Å². The van der Waals surface area contributed by atoms with E-state index in [0.717, 1.165) is 35.7 Å². The number of ether oxygens (including phenoxy) is 1. The fourth-order valence-electron chi connectivity index (χ4n) is 1.68. The third kappa shape index (κ3) is 3.69. The summed E-state index contributed by atoms with van der Waals surface area (Å²) >= 11 is 6.15. The third-order valence-electron chi connectivity index (χ3n) is 2.45. The fourth-order valence-corrected chi connectivity index (χ4v) is 1.91. The van der Waals surface area contributed by atoms with E-state index in [0.29, 0.717) is 0 Å². The summed E-state index contributed by atoms with van der Waals surface area (Å²) in [5, 5.41) is 3.87. The molecule has 1 N–H and O–H groups in total. The van der Waals surface area contributed by atoms with Crippen molar-refractivity contribution in [1.29, 1.82) is 0 Å². The molecular formula is C13H20ClNO.